The average molecular weight is 453 g/mol. The zero-order valence-electron chi connectivity index (χ0n) is 19.7. The molecule has 0 bridgehead atoms. The van der Waals surface area contributed by atoms with Crippen LogP contribution in [0.5, 0.6) is 0 Å². The molecule has 6 aromatic rings. The van der Waals surface area contributed by atoms with E-state index in [1.807, 2.05) is 6.07 Å². The first-order valence-corrected chi connectivity index (χ1v) is 11.7. The van der Waals surface area contributed by atoms with Crippen molar-refractivity contribution < 1.29 is 0 Å². The van der Waals surface area contributed by atoms with Crippen molar-refractivity contribution in [1.82, 2.24) is 19.5 Å². The summed E-state index contributed by atoms with van der Waals surface area (Å²) in [5.74, 6) is 1.98. The van der Waals surface area contributed by atoms with Gasteiger partial charge in [-0.1, -0.05) is 90.0 Å². The quantitative estimate of drug-likeness (QED) is 0.279. The molecule has 35 heavy (non-hydrogen) atoms. The maximum atomic E-state index is 4.96. The van der Waals surface area contributed by atoms with Gasteiger partial charge in [0.1, 0.15) is 0 Å². The number of benzene rings is 4. The molecule has 0 amide bonds. The number of rotatable bonds is 4. The zero-order chi connectivity index (χ0) is 23.8. The minimum absolute atomic E-state index is 0.652. The number of aromatic nitrogens is 4. The Hall–Kier alpha value is -4.57. The van der Waals surface area contributed by atoms with Crippen LogP contribution in [-0.2, 0) is 0 Å². The van der Waals surface area contributed by atoms with Crippen LogP contribution < -0.4 is 0 Å². The van der Waals surface area contributed by atoms with E-state index in [2.05, 4.69) is 122 Å². The molecule has 4 nitrogen and oxygen atoms in total. The minimum atomic E-state index is 0.652. The van der Waals surface area contributed by atoms with Crippen LogP contribution in [0.25, 0.3) is 50.8 Å². The van der Waals surface area contributed by atoms with Crippen molar-refractivity contribution in [2.24, 2.45) is 0 Å². The van der Waals surface area contributed by atoms with E-state index in [0.717, 1.165) is 27.9 Å². The van der Waals surface area contributed by atoms with Gasteiger partial charge in [-0.3, -0.25) is 0 Å². The molecule has 0 saturated carbocycles. The molecular weight excluding hydrogens is 428 g/mol. The zero-order valence-corrected chi connectivity index (χ0v) is 19.7. The topological polar surface area (TPSA) is 43.6 Å². The molecule has 2 heterocycles. The van der Waals surface area contributed by atoms with Crippen LogP contribution in [0.3, 0.4) is 0 Å². The SMILES string of the molecule is Cc1ccc(-c2nc(-c3ccc(C)cc3)nc(-c3ccccc3-n3ccc4ccccc43)n2)cc1. The smallest absolute Gasteiger partial charge is 0.166 e. The summed E-state index contributed by atoms with van der Waals surface area (Å²) in [7, 11) is 0. The lowest BCUT2D eigenvalue weighted by Crippen LogP contribution is -2.03. The maximum Gasteiger partial charge on any atom is 0.166 e. The van der Waals surface area contributed by atoms with Crippen molar-refractivity contribution in [3.63, 3.8) is 0 Å². The van der Waals surface area contributed by atoms with Gasteiger partial charge in [-0.05, 0) is 43.5 Å². The number of nitrogens with zero attached hydrogens (tertiary/aromatic N) is 4. The van der Waals surface area contributed by atoms with E-state index in [1.165, 1.54) is 16.5 Å². The second-order valence-corrected chi connectivity index (χ2v) is 8.80. The van der Waals surface area contributed by atoms with E-state index in [4.69, 9.17) is 15.0 Å². The number of aryl methyl sites for hydroxylation is 2. The molecule has 0 spiro atoms. The molecule has 0 saturated heterocycles. The van der Waals surface area contributed by atoms with Gasteiger partial charge >= 0.3 is 0 Å². The molecule has 0 N–H and O–H groups in total. The van der Waals surface area contributed by atoms with Crippen LogP contribution in [0.15, 0.2) is 109 Å². The van der Waals surface area contributed by atoms with Crippen LogP contribution in [-0.4, -0.2) is 19.5 Å². The summed E-state index contributed by atoms with van der Waals surface area (Å²) < 4.78 is 2.20. The van der Waals surface area contributed by atoms with Crippen molar-refractivity contribution in [3.05, 3.63) is 120 Å². The Morgan fingerprint density at radius 3 is 1.71 bits per heavy atom. The molecule has 0 radical (unpaired) electrons. The highest BCUT2D eigenvalue weighted by atomic mass is 15.0. The second-order valence-electron chi connectivity index (χ2n) is 8.80. The Morgan fingerprint density at radius 1 is 0.514 bits per heavy atom. The summed E-state index contributed by atoms with van der Waals surface area (Å²) in [6, 6.07) is 35.4. The molecule has 6 rings (SSSR count). The third-order valence-electron chi connectivity index (χ3n) is 6.26. The number of fused-ring (bicyclic) bond motifs is 1. The fourth-order valence-electron chi connectivity index (χ4n) is 4.33. The second kappa shape index (κ2) is 8.65. The fraction of sp³-hybridized carbons (Fsp3) is 0.0645. The van der Waals surface area contributed by atoms with Crippen LogP contribution in [0.4, 0.5) is 0 Å². The molecule has 0 fully saturated rings. The third kappa shape index (κ3) is 4.00. The summed E-state index contributed by atoms with van der Waals surface area (Å²) >= 11 is 0. The minimum Gasteiger partial charge on any atom is -0.316 e. The van der Waals surface area contributed by atoms with Gasteiger partial charge in [0.15, 0.2) is 17.5 Å². The summed E-state index contributed by atoms with van der Waals surface area (Å²) in [5.41, 5.74) is 7.47. The maximum absolute atomic E-state index is 4.96. The highest BCUT2D eigenvalue weighted by molar-refractivity contribution is 5.84. The van der Waals surface area contributed by atoms with Crippen LogP contribution in [0.1, 0.15) is 11.1 Å². The molecule has 0 unspecified atom stereocenters. The number of hydrogen-bond donors (Lipinski definition) is 0. The van der Waals surface area contributed by atoms with Gasteiger partial charge in [-0.15, -0.1) is 0 Å². The molecule has 4 heteroatoms. The Kier molecular flexibility index (Phi) is 5.19. The standard InChI is InChI=1S/C31H24N4/c1-21-11-15-24(16-12-21)29-32-30(25-17-13-22(2)14-18-25)34-31(33-29)26-8-4-6-10-28(26)35-20-19-23-7-3-5-9-27(23)35/h3-20H,1-2H3. The highest BCUT2D eigenvalue weighted by Gasteiger charge is 2.16. The predicted octanol–water partition coefficient (Wildman–Crippen LogP) is 7.43. The van der Waals surface area contributed by atoms with Crippen molar-refractivity contribution in [2.45, 2.75) is 13.8 Å². The van der Waals surface area contributed by atoms with Crippen LogP contribution in [0.2, 0.25) is 0 Å². The molecule has 2 aromatic heterocycles. The monoisotopic (exact) mass is 452 g/mol. The van der Waals surface area contributed by atoms with Crippen molar-refractivity contribution >= 4 is 10.9 Å². The van der Waals surface area contributed by atoms with Gasteiger partial charge in [0.05, 0.1) is 11.2 Å². The van der Waals surface area contributed by atoms with Crippen molar-refractivity contribution in [3.8, 4) is 39.9 Å². The normalized spacial score (nSPS) is 11.1. The Morgan fingerprint density at radius 2 is 1.06 bits per heavy atom. The fourth-order valence-corrected chi connectivity index (χ4v) is 4.33. The van der Waals surface area contributed by atoms with Gasteiger partial charge in [-0.2, -0.15) is 0 Å². The Bertz CT molecular complexity index is 1580. The van der Waals surface area contributed by atoms with Crippen molar-refractivity contribution in [1.29, 1.82) is 0 Å². The van der Waals surface area contributed by atoms with E-state index in [1.54, 1.807) is 0 Å². The van der Waals surface area contributed by atoms with Gasteiger partial charge in [-0.25, -0.2) is 15.0 Å². The van der Waals surface area contributed by atoms with Crippen LogP contribution >= 0.6 is 0 Å². The van der Waals surface area contributed by atoms with Gasteiger partial charge in [0.25, 0.3) is 0 Å². The first kappa shape index (κ1) is 21.0. The van der Waals surface area contributed by atoms with E-state index in [9.17, 15) is 0 Å². The molecule has 0 aliphatic rings. The highest BCUT2D eigenvalue weighted by Crippen LogP contribution is 2.30. The Labute approximate surface area is 204 Å². The first-order chi connectivity index (χ1) is 17.2. The van der Waals surface area contributed by atoms with E-state index in [-0.39, 0.29) is 0 Å². The van der Waals surface area contributed by atoms with Gasteiger partial charge in [0.2, 0.25) is 0 Å². The number of para-hydroxylation sites is 2. The number of hydrogen-bond acceptors (Lipinski definition) is 3. The van der Waals surface area contributed by atoms with Crippen molar-refractivity contribution in [2.75, 3.05) is 0 Å². The lowest BCUT2D eigenvalue weighted by Gasteiger charge is -2.13. The molecule has 0 aliphatic heterocycles. The molecule has 0 atom stereocenters. The summed E-state index contributed by atoms with van der Waals surface area (Å²) in [5, 5.41) is 1.19. The molecule has 168 valence electrons. The van der Waals surface area contributed by atoms with E-state index < -0.39 is 0 Å². The summed E-state index contributed by atoms with van der Waals surface area (Å²) in [6.45, 7) is 4.16. The Balaban J connectivity index is 1.58. The molecule has 4 aromatic carbocycles. The van der Waals surface area contributed by atoms with Gasteiger partial charge in [0, 0.05) is 22.9 Å². The van der Waals surface area contributed by atoms with E-state index in [0.29, 0.717) is 17.5 Å². The summed E-state index contributed by atoms with van der Waals surface area (Å²) in [6.07, 6.45) is 2.10. The van der Waals surface area contributed by atoms with Crippen LogP contribution in [0, 0.1) is 13.8 Å². The predicted molar refractivity (Wildman–Crippen MR) is 142 cm³/mol. The first-order valence-electron chi connectivity index (χ1n) is 11.7. The average Bonchev–Trinajstić information content (AvgIpc) is 3.33. The summed E-state index contributed by atoms with van der Waals surface area (Å²) in [4.78, 5) is 14.8. The molecule has 0 aliphatic carbocycles. The molecular formula is C31H24N4. The third-order valence-corrected chi connectivity index (χ3v) is 6.26. The van der Waals surface area contributed by atoms with E-state index >= 15 is 0 Å². The largest absolute Gasteiger partial charge is 0.316 e. The lowest BCUT2D eigenvalue weighted by molar-refractivity contribution is 1.06. The lowest BCUT2D eigenvalue weighted by atomic mass is 10.1. The van der Waals surface area contributed by atoms with Gasteiger partial charge < -0.3 is 4.57 Å².